The van der Waals surface area contributed by atoms with Gasteiger partial charge in [0.15, 0.2) is 0 Å². The molecule has 2 amide bonds. The van der Waals surface area contributed by atoms with E-state index >= 15 is 0 Å². The van der Waals surface area contributed by atoms with E-state index < -0.39 is 54.5 Å². The van der Waals surface area contributed by atoms with E-state index in [2.05, 4.69) is 20.1 Å². The number of carbonyl (C=O) groups is 1. The van der Waals surface area contributed by atoms with Crippen molar-refractivity contribution in [2.24, 2.45) is 0 Å². The smallest absolute Gasteiger partial charge is 0.406 e. The van der Waals surface area contributed by atoms with E-state index in [4.69, 9.17) is 0 Å². The van der Waals surface area contributed by atoms with Gasteiger partial charge < -0.3 is 30.3 Å². The maximum Gasteiger partial charge on any atom is 0.573 e. The first kappa shape index (κ1) is 30.6. The molecule has 3 rings (SSSR count). The van der Waals surface area contributed by atoms with E-state index in [1.54, 1.807) is 30.3 Å². The highest BCUT2D eigenvalue weighted by molar-refractivity contribution is 5.76. The Balaban J connectivity index is 2.24. The molecule has 216 valence electrons. The van der Waals surface area contributed by atoms with Crippen molar-refractivity contribution in [3.63, 3.8) is 0 Å². The second-order valence-electron chi connectivity index (χ2n) is 8.85. The minimum absolute atomic E-state index is 0.0232. The highest BCUT2D eigenvalue weighted by Gasteiger charge is 2.39. The molecule has 0 aliphatic heterocycles. The lowest BCUT2D eigenvalue weighted by atomic mass is 9.77. The summed E-state index contributed by atoms with van der Waals surface area (Å²) in [5.74, 6) is -1.27. The van der Waals surface area contributed by atoms with Gasteiger partial charge in [-0.3, -0.25) is 0 Å². The lowest BCUT2D eigenvalue weighted by Crippen LogP contribution is -2.56. The maximum atomic E-state index is 13.2. The number of benzene rings is 3. The Hall–Kier alpha value is -3.97. The zero-order chi connectivity index (χ0) is 29.6. The van der Waals surface area contributed by atoms with Gasteiger partial charge in [0, 0.05) is 6.42 Å². The van der Waals surface area contributed by atoms with Crippen molar-refractivity contribution in [1.29, 1.82) is 0 Å². The number of alkyl halides is 6. The van der Waals surface area contributed by atoms with E-state index in [1.807, 2.05) is 0 Å². The first-order valence-electron chi connectivity index (χ1n) is 11.8. The number of aliphatic hydroxyl groups is 2. The largest absolute Gasteiger partial charge is 0.573 e. The normalized spacial score (nSPS) is 13.7. The average molecular weight is 573 g/mol. The van der Waals surface area contributed by atoms with E-state index in [-0.39, 0.29) is 17.5 Å². The van der Waals surface area contributed by atoms with Crippen molar-refractivity contribution in [2.75, 3.05) is 6.61 Å². The number of ether oxygens (including phenoxy) is 2. The molecule has 0 heterocycles. The molecule has 2 unspecified atom stereocenters. The summed E-state index contributed by atoms with van der Waals surface area (Å²) < 4.78 is 86.4. The molecule has 0 aliphatic rings. The molecule has 3 aromatic carbocycles. The molecule has 0 bridgehead atoms. The Kier molecular flexibility index (Phi) is 9.53. The minimum atomic E-state index is -5.04. The SMILES string of the molecule is CC(O)C(CO)NC(=O)NC(Cc1ccccc1)(c1cccc(OC(F)(F)F)c1)c1cccc(OC(F)(F)F)c1. The summed E-state index contributed by atoms with van der Waals surface area (Å²) >= 11 is 0. The summed E-state index contributed by atoms with van der Waals surface area (Å²) in [6, 6.07) is 15.6. The fourth-order valence-electron chi connectivity index (χ4n) is 4.10. The Morgan fingerprint density at radius 1 is 0.825 bits per heavy atom. The molecule has 0 saturated heterocycles. The number of urea groups is 1. The van der Waals surface area contributed by atoms with Crippen LogP contribution in [0.15, 0.2) is 78.9 Å². The minimum Gasteiger partial charge on any atom is -0.406 e. The van der Waals surface area contributed by atoms with Crippen LogP contribution in [0.25, 0.3) is 0 Å². The van der Waals surface area contributed by atoms with Crippen LogP contribution >= 0.6 is 0 Å². The molecule has 13 heteroatoms. The van der Waals surface area contributed by atoms with Gasteiger partial charge in [-0.2, -0.15) is 0 Å². The Labute approximate surface area is 225 Å². The van der Waals surface area contributed by atoms with Gasteiger partial charge in [-0.15, -0.1) is 26.3 Å². The predicted octanol–water partition coefficient (Wildman–Crippen LogP) is 5.01. The molecule has 0 spiro atoms. The molecule has 0 aromatic heterocycles. The van der Waals surface area contributed by atoms with E-state index in [9.17, 15) is 41.4 Å². The van der Waals surface area contributed by atoms with Gasteiger partial charge in [0.25, 0.3) is 0 Å². The van der Waals surface area contributed by atoms with Gasteiger partial charge in [0.05, 0.1) is 24.3 Å². The number of amides is 2. The molecule has 40 heavy (non-hydrogen) atoms. The van der Waals surface area contributed by atoms with Crippen molar-refractivity contribution < 1.29 is 50.8 Å². The van der Waals surface area contributed by atoms with Crippen LogP contribution < -0.4 is 20.1 Å². The van der Waals surface area contributed by atoms with Crippen molar-refractivity contribution >= 4 is 6.03 Å². The van der Waals surface area contributed by atoms with Crippen LogP contribution in [-0.4, -0.2) is 47.7 Å². The molecular formula is C27H26F6N2O5. The van der Waals surface area contributed by atoms with Gasteiger partial charge >= 0.3 is 18.8 Å². The molecule has 0 radical (unpaired) electrons. The number of rotatable bonds is 10. The summed E-state index contributed by atoms with van der Waals surface area (Å²) in [5.41, 5.74) is -1.20. The highest BCUT2D eigenvalue weighted by Crippen LogP contribution is 2.38. The number of hydrogen-bond acceptors (Lipinski definition) is 5. The summed E-state index contributed by atoms with van der Waals surface area (Å²) in [6.45, 7) is 0.662. The molecule has 0 saturated carbocycles. The second-order valence-corrected chi connectivity index (χ2v) is 8.85. The Morgan fingerprint density at radius 3 is 1.75 bits per heavy atom. The lowest BCUT2D eigenvalue weighted by Gasteiger charge is -2.37. The molecule has 0 aliphatic carbocycles. The van der Waals surface area contributed by atoms with Crippen molar-refractivity contribution in [1.82, 2.24) is 10.6 Å². The van der Waals surface area contributed by atoms with Crippen LogP contribution in [0.1, 0.15) is 23.6 Å². The Bertz CT molecular complexity index is 1210. The fourth-order valence-corrected chi connectivity index (χ4v) is 4.10. The second kappa shape index (κ2) is 12.5. The van der Waals surface area contributed by atoms with Crippen LogP contribution in [-0.2, 0) is 12.0 Å². The number of halogens is 6. The zero-order valence-corrected chi connectivity index (χ0v) is 21.0. The van der Waals surface area contributed by atoms with Crippen molar-refractivity contribution in [2.45, 2.75) is 43.8 Å². The number of aliphatic hydroxyl groups excluding tert-OH is 2. The van der Waals surface area contributed by atoms with Crippen LogP contribution in [0.5, 0.6) is 11.5 Å². The molecule has 7 nitrogen and oxygen atoms in total. The maximum absolute atomic E-state index is 13.2. The first-order valence-corrected chi connectivity index (χ1v) is 11.8. The zero-order valence-electron chi connectivity index (χ0n) is 21.0. The third-order valence-electron chi connectivity index (χ3n) is 5.86. The quantitative estimate of drug-likeness (QED) is 0.256. The monoisotopic (exact) mass is 572 g/mol. The predicted molar refractivity (Wildman–Crippen MR) is 131 cm³/mol. The summed E-state index contributed by atoms with van der Waals surface area (Å²) in [6.07, 6.45) is -11.4. The summed E-state index contributed by atoms with van der Waals surface area (Å²) in [4.78, 5) is 13.2. The van der Waals surface area contributed by atoms with Crippen molar-refractivity contribution in [3.8, 4) is 11.5 Å². The van der Waals surface area contributed by atoms with Gasteiger partial charge in [0.2, 0.25) is 0 Å². The summed E-state index contributed by atoms with van der Waals surface area (Å²) in [5, 5.41) is 24.5. The standard InChI is InChI=1S/C27H26F6N2O5/c1-17(37)23(16-36)34-24(38)35-25(15-18-7-3-2-4-8-18,19-9-5-11-21(13-19)39-26(28,29)30)20-10-6-12-22(14-20)40-27(31,32)33/h2-14,17,23,36-37H,15-16H2,1H3,(H2,34,35,38). The molecule has 4 N–H and O–H groups in total. The van der Waals surface area contributed by atoms with Crippen LogP contribution in [0.2, 0.25) is 0 Å². The van der Waals surface area contributed by atoms with Gasteiger partial charge in [-0.1, -0.05) is 54.6 Å². The number of hydrogen-bond donors (Lipinski definition) is 4. The van der Waals surface area contributed by atoms with Gasteiger partial charge in [-0.25, -0.2) is 4.79 Å². The highest BCUT2D eigenvalue weighted by atomic mass is 19.4. The van der Waals surface area contributed by atoms with Crippen LogP contribution in [0, 0.1) is 0 Å². The number of nitrogens with one attached hydrogen (secondary N) is 2. The van der Waals surface area contributed by atoms with Gasteiger partial charge in [0.1, 0.15) is 11.5 Å². The molecule has 0 fully saturated rings. The topological polar surface area (TPSA) is 100 Å². The summed E-state index contributed by atoms with van der Waals surface area (Å²) in [7, 11) is 0. The molecule has 2 atom stereocenters. The third kappa shape index (κ3) is 8.52. The fraction of sp³-hybridized carbons (Fsp3) is 0.296. The van der Waals surface area contributed by atoms with E-state index in [1.165, 1.54) is 31.2 Å². The third-order valence-corrected chi connectivity index (χ3v) is 5.86. The molecular weight excluding hydrogens is 546 g/mol. The average Bonchev–Trinajstić information content (AvgIpc) is 2.85. The Morgan fingerprint density at radius 2 is 1.32 bits per heavy atom. The van der Waals surface area contributed by atoms with Crippen LogP contribution in [0.3, 0.4) is 0 Å². The first-order chi connectivity index (χ1) is 18.7. The van der Waals surface area contributed by atoms with Gasteiger partial charge in [-0.05, 0) is 47.9 Å². The van der Waals surface area contributed by atoms with Crippen molar-refractivity contribution in [3.05, 3.63) is 95.6 Å². The van der Waals surface area contributed by atoms with E-state index in [0.29, 0.717) is 5.56 Å². The molecule has 3 aromatic rings. The van der Waals surface area contributed by atoms with Crippen LogP contribution in [0.4, 0.5) is 31.1 Å². The van der Waals surface area contributed by atoms with E-state index in [0.717, 1.165) is 24.3 Å². The number of carbonyl (C=O) groups excluding carboxylic acids is 1. The lowest BCUT2D eigenvalue weighted by molar-refractivity contribution is -0.275.